The Labute approximate surface area is 192 Å². The van der Waals surface area contributed by atoms with E-state index in [2.05, 4.69) is 25.5 Å². The smallest absolute Gasteiger partial charge is 0.357 e. The number of halogens is 4. The summed E-state index contributed by atoms with van der Waals surface area (Å²) in [5.74, 6) is 1.54. The van der Waals surface area contributed by atoms with Gasteiger partial charge in [-0.25, -0.2) is 9.98 Å². The normalized spacial score (nSPS) is 14.4. The van der Waals surface area contributed by atoms with Crippen LogP contribution in [0.25, 0.3) is 0 Å². The Morgan fingerprint density at radius 1 is 1.10 bits per heavy atom. The molecule has 1 saturated heterocycles. The van der Waals surface area contributed by atoms with E-state index in [1.807, 2.05) is 25.3 Å². The fourth-order valence-corrected chi connectivity index (χ4v) is 3.20. The van der Waals surface area contributed by atoms with Crippen LogP contribution in [0.3, 0.4) is 0 Å². The van der Waals surface area contributed by atoms with Gasteiger partial charge in [-0.2, -0.15) is 13.2 Å². The summed E-state index contributed by atoms with van der Waals surface area (Å²) < 4.78 is 38.6. The molecule has 1 aliphatic heterocycles. The first kappa shape index (κ1) is 24.2. The van der Waals surface area contributed by atoms with Crippen molar-refractivity contribution in [2.45, 2.75) is 39.0 Å². The molecule has 5 nitrogen and oxygen atoms in total. The molecule has 2 N–H and O–H groups in total. The van der Waals surface area contributed by atoms with E-state index in [1.54, 1.807) is 6.07 Å². The topological polar surface area (TPSA) is 52.6 Å². The molecular weight excluding hydrogens is 506 g/mol. The molecule has 0 aliphatic carbocycles. The van der Waals surface area contributed by atoms with Gasteiger partial charge >= 0.3 is 6.18 Å². The molecule has 1 aliphatic rings. The number of benzene rings is 1. The first-order valence-electron chi connectivity index (χ1n) is 9.84. The van der Waals surface area contributed by atoms with Crippen molar-refractivity contribution < 1.29 is 13.2 Å². The molecule has 0 radical (unpaired) electrons. The highest BCUT2D eigenvalue weighted by Crippen LogP contribution is 2.29. The molecule has 0 unspecified atom stereocenters. The summed E-state index contributed by atoms with van der Waals surface area (Å²) in [7, 11) is 0. The van der Waals surface area contributed by atoms with Crippen molar-refractivity contribution in [3.8, 4) is 0 Å². The Kier molecular flexibility index (Phi) is 9.19. The predicted octanol–water partition coefficient (Wildman–Crippen LogP) is 4.57. The van der Waals surface area contributed by atoms with Crippen molar-refractivity contribution in [1.29, 1.82) is 0 Å². The highest BCUT2D eigenvalue weighted by molar-refractivity contribution is 14.0. The minimum atomic E-state index is -4.34. The molecule has 0 bridgehead atoms. The average Bonchev–Trinajstić information content (AvgIpc) is 3.25. The Morgan fingerprint density at radius 3 is 2.50 bits per heavy atom. The summed E-state index contributed by atoms with van der Waals surface area (Å²) in [6.07, 6.45) is -0.106. The lowest BCUT2D eigenvalue weighted by atomic mass is 10.1. The second-order valence-corrected chi connectivity index (χ2v) is 6.97. The van der Waals surface area contributed by atoms with Crippen LogP contribution in [0.1, 0.15) is 36.5 Å². The van der Waals surface area contributed by atoms with Crippen molar-refractivity contribution in [2.24, 2.45) is 4.99 Å². The summed E-state index contributed by atoms with van der Waals surface area (Å²) in [4.78, 5) is 11.3. The SMILES string of the molecule is CCNC(=NCc1ccc(N2CCCC2)nc1)NCc1cccc(C(F)(F)F)c1.I. The average molecular weight is 533 g/mol. The second-order valence-electron chi connectivity index (χ2n) is 6.97. The van der Waals surface area contributed by atoms with Crippen molar-refractivity contribution in [1.82, 2.24) is 15.6 Å². The minimum absolute atomic E-state index is 0. The lowest BCUT2D eigenvalue weighted by molar-refractivity contribution is -0.137. The van der Waals surface area contributed by atoms with Crippen LogP contribution in [0.2, 0.25) is 0 Å². The van der Waals surface area contributed by atoms with Gasteiger partial charge in [0.1, 0.15) is 5.82 Å². The predicted molar refractivity (Wildman–Crippen MR) is 124 cm³/mol. The summed E-state index contributed by atoms with van der Waals surface area (Å²) in [6, 6.07) is 9.32. The van der Waals surface area contributed by atoms with Crippen LogP contribution in [0.5, 0.6) is 0 Å². The zero-order chi connectivity index (χ0) is 20.7. The number of nitrogens with zero attached hydrogens (tertiary/aromatic N) is 3. The highest BCUT2D eigenvalue weighted by atomic mass is 127. The van der Waals surface area contributed by atoms with E-state index < -0.39 is 11.7 Å². The molecule has 1 aromatic carbocycles. The van der Waals surface area contributed by atoms with Gasteiger partial charge in [0.15, 0.2) is 5.96 Å². The van der Waals surface area contributed by atoms with Gasteiger partial charge in [-0.3, -0.25) is 0 Å². The quantitative estimate of drug-likeness (QED) is 0.325. The van der Waals surface area contributed by atoms with Gasteiger partial charge in [0.05, 0.1) is 12.1 Å². The van der Waals surface area contributed by atoms with E-state index in [-0.39, 0.29) is 30.5 Å². The molecule has 2 heterocycles. The van der Waals surface area contributed by atoms with E-state index in [9.17, 15) is 13.2 Å². The standard InChI is InChI=1S/C21H26F3N5.HI/c1-2-25-20(27-13-16-6-5-7-18(12-16)21(22,23)24)28-15-17-8-9-19(26-14-17)29-10-3-4-11-29;/h5-9,12,14H,2-4,10-11,13,15H2,1H3,(H2,25,27,28);1H. The van der Waals surface area contributed by atoms with E-state index in [0.717, 1.165) is 36.6 Å². The summed E-state index contributed by atoms with van der Waals surface area (Å²) in [5, 5.41) is 6.20. The number of aromatic nitrogens is 1. The zero-order valence-electron chi connectivity index (χ0n) is 16.9. The zero-order valence-corrected chi connectivity index (χ0v) is 19.2. The van der Waals surface area contributed by atoms with Gasteiger partial charge in [0.2, 0.25) is 0 Å². The summed E-state index contributed by atoms with van der Waals surface area (Å²) in [5.41, 5.74) is 0.870. The number of nitrogens with one attached hydrogen (secondary N) is 2. The van der Waals surface area contributed by atoms with Crippen molar-refractivity contribution in [3.05, 3.63) is 59.3 Å². The molecule has 0 amide bonds. The number of pyridine rings is 1. The van der Waals surface area contributed by atoms with E-state index in [4.69, 9.17) is 0 Å². The lowest BCUT2D eigenvalue weighted by Crippen LogP contribution is -2.36. The molecule has 164 valence electrons. The van der Waals surface area contributed by atoms with E-state index >= 15 is 0 Å². The third-order valence-corrected chi connectivity index (χ3v) is 4.72. The van der Waals surface area contributed by atoms with Gasteiger partial charge in [0.25, 0.3) is 0 Å². The number of guanidine groups is 1. The van der Waals surface area contributed by atoms with Crippen LogP contribution in [0, 0.1) is 0 Å². The third-order valence-electron chi connectivity index (χ3n) is 4.72. The molecule has 0 atom stereocenters. The van der Waals surface area contributed by atoms with Gasteiger partial charge in [0, 0.05) is 32.4 Å². The van der Waals surface area contributed by atoms with Gasteiger partial charge in [-0.05, 0) is 49.1 Å². The summed E-state index contributed by atoms with van der Waals surface area (Å²) >= 11 is 0. The maximum Gasteiger partial charge on any atom is 0.416 e. The molecule has 1 aromatic heterocycles. The van der Waals surface area contributed by atoms with Crippen molar-refractivity contribution >= 4 is 35.8 Å². The number of anilines is 1. The van der Waals surface area contributed by atoms with E-state index in [1.165, 1.54) is 18.9 Å². The molecule has 0 spiro atoms. The van der Waals surface area contributed by atoms with Crippen LogP contribution in [0.4, 0.5) is 19.0 Å². The Hall–Kier alpha value is -2.04. The van der Waals surface area contributed by atoms with Crippen LogP contribution >= 0.6 is 24.0 Å². The molecule has 30 heavy (non-hydrogen) atoms. The second kappa shape index (κ2) is 11.4. The minimum Gasteiger partial charge on any atom is -0.357 e. The lowest BCUT2D eigenvalue weighted by Gasteiger charge is -2.16. The highest BCUT2D eigenvalue weighted by Gasteiger charge is 2.30. The van der Waals surface area contributed by atoms with E-state index in [0.29, 0.717) is 24.6 Å². The van der Waals surface area contributed by atoms with Crippen molar-refractivity contribution in [3.63, 3.8) is 0 Å². The Bertz CT molecular complexity index is 818. The number of hydrogen-bond donors (Lipinski definition) is 2. The van der Waals surface area contributed by atoms with Gasteiger partial charge in [-0.15, -0.1) is 24.0 Å². The number of aliphatic imine (C=N–C) groups is 1. The molecule has 1 fully saturated rings. The maximum absolute atomic E-state index is 12.9. The van der Waals surface area contributed by atoms with Gasteiger partial charge in [-0.1, -0.05) is 18.2 Å². The largest absolute Gasteiger partial charge is 0.416 e. The fourth-order valence-electron chi connectivity index (χ4n) is 3.20. The monoisotopic (exact) mass is 533 g/mol. The third kappa shape index (κ3) is 7.03. The first-order valence-corrected chi connectivity index (χ1v) is 9.84. The number of hydrogen-bond acceptors (Lipinski definition) is 3. The van der Waals surface area contributed by atoms with Crippen LogP contribution in [-0.2, 0) is 19.3 Å². The number of rotatable bonds is 6. The summed E-state index contributed by atoms with van der Waals surface area (Å²) in [6.45, 7) is 5.38. The molecular formula is C21H27F3IN5. The van der Waals surface area contributed by atoms with Crippen LogP contribution in [-0.4, -0.2) is 30.6 Å². The maximum atomic E-state index is 12.9. The fraction of sp³-hybridized carbons (Fsp3) is 0.429. The molecule has 0 saturated carbocycles. The van der Waals surface area contributed by atoms with Crippen LogP contribution < -0.4 is 15.5 Å². The molecule has 9 heteroatoms. The van der Waals surface area contributed by atoms with Crippen molar-refractivity contribution in [2.75, 3.05) is 24.5 Å². The first-order chi connectivity index (χ1) is 14.0. The van der Waals surface area contributed by atoms with Crippen LogP contribution in [0.15, 0.2) is 47.6 Å². The van der Waals surface area contributed by atoms with Gasteiger partial charge < -0.3 is 15.5 Å². The number of alkyl halides is 3. The Morgan fingerprint density at radius 2 is 1.87 bits per heavy atom. The Balaban J connectivity index is 0.00000320. The molecule has 3 rings (SSSR count). The molecule has 2 aromatic rings.